The standard InChI is InChI=1S/C37H43N7O4/c1-5-48-31-15-16-42(21-28(31)38)37(46)27-18-32-41-34(23(3)44(32)33(19-27)47-4)30-17-26-13-14-29(40-35(26)43(30)20-24-11-12-24)22(2)39-36(45)25-9-7-6-8-10-25/h6-10,13-14,17-19,22,24,28,31H,5,11-12,15-16,20-21,38H2,1-4H3,(H,39,45)/t22-,28+,31-/m1/s1. The fourth-order valence-corrected chi connectivity index (χ4v) is 6.81. The minimum Gasteiger partial charge on any atom is -0.482 e. The topological polar surface area (TPSA) is 129 Å². The molecule has 0 bridgehead atoms. The second kappa shape index (κ2) is 13.0. The number of benzene rings is 1. The molecule has 250 valence electrons. The number of carbonyl (C=O) groups excluding carboxylic acids is 2. The maximum atomic E-state index is 13.7. The highest BCUT2D eigenvalue weighted by Gasteiger charge is 2.31. The third-order valence-corrected chi connectivity index (χ3v) is 9.61. The smallest absolute Gasteiger partial charge is 0.254 e. The third kappa shape index (κ3) is 6.04. The lowest BCUT2D eigenvalue weighted by Gasteiger charge is -2.36. The van der Waals surface area contributed by atoms with E-state index in [0.29, 0.717) is 54.7 Å². The first kappa shape index (κ1) is 31.8. The number of aromatic nitrogens is 4. The van der Waals surface area contributed by atoms with Crippen LogP contribution in [0.2, 0.25) is 0 Å². The van der Waals surface area contributed by atoms with Gasteiger partial charge < -0.3 is 30.0 Å². The number of hydrogen-bond acceptors (Lipinski definition) is 7. The van der Waals surface area contributed by atoms with E-state index in [-0.39, 0.29) is 30.0 Å². The van der Waals surface area contributed by atoms with Crippen molar-refractivity contribution in [2.75, 3.05) is 26.8 Å². The van der Waals surface area contributed by atoms with Crippen LogP contribution in [0.25, 0.3) is 28.1 Å². The van der Waals surface area contributed by atoms with Crippen molar-refractivity contribution in [2.24, 2.45) is 11.7 Å². The maximum absolute atomic E-state index is 13.7. The van der Waals surface area contributed by atoms with E-state index in [1.165, 1.54) is 12.8 Å². The first-order chi connectivity index (χ1) is 23.2. The Balaban J connectivity index is 1.23. The summed E-state index contributed by atoms with van der Waals surface area (Å²) in [5, 5.41) is 4.09. The number of piperidine rings is 1. The summed E-state index contributed by atoms with van der Waals surface area (Å²) in [4.78, 5) is 38.6. The largest absolute Gasteiger partial charge is 0.482 e. The molecule has 0 spiro atoms. The Morgan fingerprint density at radius 3 is 2.54 bits per heavy atom. The molecule has 3 atom stereocenters. The summed E-state index contributed by atoms with van der Waals surface area (Å²) >= 11 is 0. The van der Waals surface area contributed by atoms with Crippen LogP contribution in [0, 0.1) is 12.8 Å². The molecule has 48 heavy (non-hydrogen) atoms. The van der Waals surface area contributed by atoms with Gasteiger partial charge in [-0.1, -0.05) is 18.2 Å². The summed E-state index contributed by atoms with van der Waals surface area (Å²) in [6.45, 7) is 8.37. The van der Waals surface area contributed by atoms with Crippen LogP contribution >= 0.6 is 0 Å². The molecule has 2 amide bonds. The van der Waals surface area contributed by atoms with Crippen molar-refractivity contribution in [2.45, 2.75) is 64.8 Å². The Kier molecular flexibility index (Phi) is 8.65. The average Bonchev–Trinajstić information content (AvgIpc) is 3.77. The quantitative estimate of drug-likeness (QED) is 0.214. The van der Waals surface area contributed by atoms with Crippen LogP contribution in [0.1, 0.15) is 71.3 Å². The molecule has 11 heteroatoms. The van der Waals surface area contributed by atoms with Gasteiger partial charge in [0.1, 0.15) is 17.0 Å². The molecule has 7 rings (SSSR count). The van der Waals surface area contributed by atoms with Crippen LogP contribution in [0.5, 0.6) is 5.88 Å². The lowest BCUT2D eigenvalue weighted by atomic mass is 10.0. The summed E-state index contributed by atoms with van der Waals surface area (Å²) in [5.41, 5.74) is 12.5. The lowest BCUT2D eigenvalue weighted by Crippen LogP contribution is -2.53. The molecular weight excluding hydrogens is 606 g/mol. The zero-order chi connectivity index (χ0) is 33.5. The number of fused-ring (bicyclic) bond motifs is 2. The van der Waals surface area contributed by atoms with Gasteiger partial charge >= 0.3 is 0 Å². The Morgan fingerprint density at radius 2 is 1.83 bits per heavy atom. The van der Waals surface area contributed by atoms with Crippen molar-refractivity contribution in [1.82, 2.24) is 29.2 Å². The van der Waals surface area contributed by atoms with Gasteiger partial charge in [0.2, 0.25) is 0 Å². The number of methoxy groups -OCH3 is 1. The molecule has 3 N–H and O–H groups in total. The maximum Gasteiger partial charge on any atom is 0.254 e. The summed E-state index contributed by atoms with van der Waals surface area (Å²) in [5.74, 6) is 0.878. The number of amides is 2. The van der Waals surface area contributed by atoms with Gasteiger partial charge in [0, 0.05) is 54.9 Å². The predicted octanol–water partition coefficient (Wildman–Crippen LogP) is 5.15. The van der Waals surface area contributed by atoms with E-state index >= 15 is 0 Å². The van der Waals surface area contributed by atoms with Gasteiger partial charge in [-0.2, -0.15) is 0 Å². The third-order valence-electron chi connectivity index (χ3n) is 9.61. The summed E-state index contributed by atoms with van der Waals surface area (Å²) < 4.78 is 15.8. The molecule has 5 aromatic rings. The SMILES string of the molecule is CCO[C@@H]1CCN(C(=O)c2cc(OC)n3c(C)c(-c4cc5ccc([C@@H](C)NC(=O)c6ccccc6)nc5n4CC4CC4)nc3c2)C[C@@H]1N. The highest BCUT2D eigenvalue weighted by molar-refractivity contribution is 5.96. The van der Waals surface area contributed by atoms with Gasteiger partial charge in [-0.15, -0.1) is 0 Å². The van der Waals surface area contributed by atoms with Crippen LogP contribution < -0.4 is 15.8 Å². The van der Waals surface area contributed by atoms with Crippen molar-refractivity contribution in [3.05, 3.63) is 83.2 Å². The first-order valence-electron chi connectivity index (χ1n) is 16.9. The molecule has 4 aromatic heterocycles. The zero-order valence-electron chi connectivity index (χ0n) is 28.0. The van der Waals surface area contributed by atoms with Crippen LogP contribution in [-0.2, 0) is 11.3 Å². The number of nitrogens with one attached hydrogen (secondary N) is 1. The Bertz CT molecular complexity index is 1980. The minimum absolute atomic E-state index is 0.0437. The fourth-order valence-electron chi connectivity index (χ4n) is 6.81. The predicted molar refractivity (Wildman–Crippen MR) is 184 cm³/mol. The van der Waals surface area contributed by atoms with E-state index in [4.69, 9.17) is 25.2 Å². The first-order valence-corrected chi connectivity index (χ1v) is 16.9. The molecular formula is C37H43N7O4. The zero-order valence-corrected chi connectivity index (χ0v) is 28.0. The molecule has 2 aliphatic rings. The monoisotopic (exact) mass is 649 g/mol. The Morgan fingerprint density at radius 1 is 1.04 bits per heavy atom. The van der Waals surface area contributed by atoms with Crippen LogP contribution in [0.15, 0.2) is 60.7 Å². The second-order valence-corrected chi connectivity index (χ2v) is 13.0. The molecule has 2 fully saturated rings. The highest BCUT2D eigenvalue weighted by atomic mass is 16.5. The van der Waals surface area contributed by atoms with Crippen LogP contribution in [-0.4, -0.2) is 74.6 Å². The van der Waals surface area contributed by atoms with Crippen molar-refractivity contribution < 1.29 is 19.1 Å². The molecule has 1 aromatic carbocycles. The van der Waals surface area contributed by atoms with Crippen LogP contribution in [0.3, 0.4) is 0 Å². The van der Waals surface area contributed by atoms with Crippen molar-refractivity contribution in [1.29, 1.82) is 0 Å². The summed E-state index contributed by atoms with van der Waals surface area (Å²) in [7, 11) is 1.61. The van der Waals surface area contributed by atoms with Gasteiger partial charge in [0.25, 0.3) is 11.8 Å². The lowest BCUT2D eigenvalue weighted by molar-refractivity contribution is 0.00178. The number of rotatable bonds is 10. The molecule has 11 nitrogen and oxygen atoms in total. The van der Waals surface area contributed by atoms with E-state index in [2.05, 4.69) is 22.0 Å². The van der Waals surface area contributed by atoms with E-state index < -0.39 is 0 Å². The van der Waals surface area contributed by atoms with Gasteiger partial charge in [0.05, 0.1) is 36.3 Å². The van der Waals surface area contributed by atoms with Crippen LogP contribution in [0.4, 0.5) is 0 Å². The number of nitrogens with two attached hydrogens (primary N) is 1. The normalized spacial score (nSPS) is 18.7. The highest BCUT2D eigenvalue weighted by Crippen LogP contribution is 2.37. The summed E-state index contributed by atoms with van der Waals surface area (Å²) in [6, 6.07) is 18.5. The number of carbonyl (C=O) groups is 2. The van der Waals surface area contributed by atoms with Gasteiger partial charge in [-0.3, -0.25) is 14.0 Å². The number of ether oxygens (including phenoxy) is 2. The molecule has 0 radical (unpaired) electrons. The number of pyridine rings is 2. The minimum atomic E-state index is -0.286. The molecule has 1 aliphatic carbocycles. The number of nitrogens with zero attached hydrogens (tertiary/aromatic N) is 5. The molecule has 1 saturated heterocycles. The summed E-state index contributed by atoms with van der Waals surface area (Å²) in [6.07, 6.45) is 3.01. The van der Waals surface area contributed by atoms with Crippen molar-refractivity contribution in [3.63, 3.8) is 0 Å². The van der Waals surface area contributed by atoms with Gasteiger partial charge in [-0.25, -0.2) is 9.97 Å². The van der Waals surface area contributed by atoms with E-state index in [9.17, 15) is 9.59 Å². The molecule has 0 unspecified atom stereocenters. The second-order valence-electron chi connectivity index (χ2n) is 13.0. The molecule has 1 saturated carbocycles. The van der Waals surface area contributed by atoms with Crippen molar-refractivity contribution >= 4 is 28.5 Å². The van der Waals surface area contributed by atoms with Crippen molar-refractivity contribution in [3.8, 4) is 17.3 Å². The van der Waals surface area contributed by atoms with Gasteiger partial charge in [0.15, 0.2) is 5.88 Å². The Hall–Kier alpha value is -4.74. The fraction of sp³-hybridized carbons (Fsp3) is 0.405. The number of aryl methyl sites for hydroxylation is 1. The van der Waals surface area contributed by atoms with E-state index in [1.54, 1.807) is 30.2 Å². The van der Waals surface area contributed by atoms with Gasteiger partial charge in [-0.05, 0) is 82.3 Å². The number of hydrogen-bond donors (Lipinski definition) is 2. The average molecular weight is 650 g/mol. The number of likely N-dealkylation sites (tertiary alicyclic amines) is 1. The molecule has 1 aliphatic heterocycles. The number of imidazole rings is 1. The van der Waals surface area contributed by atoms with E-state index in [1.807, 2.05) is 55.5 Å². The molecule has 5 heterocycles. The Labute approximate surface area is 280 Å². The van der Waals surface area contributed by atoms with E-state index in [0.717, 1.165) is 40.4 Å².